The zero-order valence-corrected chi connectivity index (χ0v) is 15.4. The summed E-state index contributed by atoms with van der Waals surface area (Å²) >= 11 is 0. The third-order valence-electron chi connectivity index (χ3n) is 3.97. The quantitative estimate of drug-likeness (QED) is 0.740. The third kappa shape index (κ3) is 5.80. The summed E-state index contributed by atoms with van der Waals surface area (Å²) in [4.78, 5) is 16.2. The van der Waals surface area contributed by atoms with Gasteiger partial charge in [-0.25, -0.2) is 0 Å². The van der Waals surface area contributed by atoms with E-state index in [2.05, 4.69) is 0 Å². The summed E-state index contributed by atoms with van der Waals surface area (Å²) in [7, 11) is 7.05. The van der Waals surface area contributed by atoms with E-state index in [0.29, 0.717) is 19.6 Å². The summed E-state index contributed by atoms with van der Waals surface area (Å²) in [5, 5.41) is 0. The van der Waals surface area contributed by atoms with Crippen LogP contribution in [0.1, 0.15) is 11.1 Å². The average Bonchev–Trinajstić information content (AvgIpc) is 2.61. The number of methoxy groups -OCH3 is 2. The van der Waals surface area contributed by atoms with Gasteiger partial charge in [-0.1, -0.05) is 24.3 Å². The summed E-state index contributed by atoms with van der Waals surface area (Å²) in [6, 6.07) is 15.7. The monoisotopic (exact) mass is 342 g/mol. The minimum Gasteiger partial charge on any atom is -0.497 e. The number of rotatable bonds is 8. The second kappa shape index (κ2) is 9.08. The Labute approximate surface area is 149 Å². The molecule has 0 N–H and O–H groups in total. The van der Waals surface area contributed by atoms with Gasteiger partial charge in [-0.3, -0.25) is 9.69 Å². The van der Waals surface area contributed by atoms with E-state index in [4.69, 9.17) is 9.47 Å². The van der Waals surface area contributed by atoms with Gasteiger partial charge in [0, 0.05) is 20.1 Å². The Morgan fingerprint density at radius 2 is 1.40 bits per heavy atom. The normalized spacial score (nSPS) is 10.6. The molecule has 0 bridgehead atoms. The van der Waals surface area contributed by atoms with Crippen LogP contribution in [0.25, 0.3) is 0 Å². The van der Waals surface area contributed by atoms with Crippen molar-refractivity contribution in [3.05, 3.63) is 59.7 Å². The Hall–Kier alpha value is -2.53. The van der Waals surface area contributed by atoms with Gasteiger partial charge in [0.15, 0.2) is 0 Å². The largest absolute Gasteiger partial charge is 0.497 e. The number of carbonyl (C=O) groups is 1. The molecule has 0 saturated heterocycles. The molecule has 0 fully saturated rings. The average molecular weight is 342 g/mol. The van der Waals surface area contributed by atoms with Crippen molar-refractivity contribution in [3.8, 4) is 11.5 Å². The van der Waals surface area contributed by atoms with Gasteiger partial charge in [0.25, 0.3) is 0 Å². The molecule has 134 valence electrons. The van der Waals surface area contributed by atoms with Gasteiger partial charge in [0.2, 0.25) is 5.91 Å². The molecule has 0 unspecified atom stereocenters. The summed E-state index contributed by atoms with van der Waals surface area (Å²) in [5.74, 6) is 1.70. The molecule has 2 rings (SSSR count). The third-order valence-corrected chi connectivity index (χ3v) is 3.97. The maximum Gasteiger partial charge on any atom is 0.236 e. The number of hydrogen-bond donors (Lipinski definition) is 0. The molecule has 25 heavy (non-hydrogen) atoms. The molecule has 1 amide bonds. The van der Waals surface area contributed by atoms with Gasteiger partial charge < -0.3 is 14.4 Å². The van der Waals surface area contributed by atoms with Crippen LogP contribution >= 0.6 is 0 Å². The molecule has 0 aromatic heterocycles. The molecule has 0 atom stereocenters. The summed E-state index contributed by atoms with van der Waals surface area (Å²) in [6.07, 6.45) is 0. The van der Waals surface area contributed by atoms with Crippen LogP contribution in [0.3, 0.4) is 0 Å². The first kappa shape index (κ1) is 18.8. The first-order valence-electron chi connectivity index (χ1n) is 8.20. The Morgan fingerprint density at radius 3 is 1.92 bits per heavy atom. The molecule has 5 heteroatoms. The van der Waals surface area contributed by atoms with Crippen LogP contribution in [-0.2, 0) is 17.9 Å². The van der Waals surface area contributed by atoms with Crippen LogP contribution in [0.15, 0.2) is 48.5 Å². The second-order valence-electron chi connectivity index (χ2n) is 6.13. The topological polar surface area (TPSA) is 42.0 Å². The highest BCUT2D eigenvalue weighted by Gasteiger charge is 2.13. The van der Waals surface area contributed by atoms with Crippen LogP contribution in [-0.4, -0.2) is 50.6 Å². The molecule has 5 nitrogen and oxygen atoms in total. The van der Waals surface area contributed by atoms with E-state index in [1.165, 1.54) is 0 Å². The number of likely N-dealkylation sites (N-methyl/N-ethyl adjacent to an activating group) is 2. The van der Waals surface area contributed by atoms with Gasteiger partial charge in [-0.05, 0) is 42.4 Å². The van der Waals surface area contributed by atoms with E-state index in [0.717, 1.165) is 22.6 Å². The molecule has 2 aromatic rings. The lowest BCUT2D eigenvalue weighted by Gasteiger charge is -2.22. The fourth-order valence-electron chi connectivity index (χ4n) is 2.62. The van der Waals surface area contributed by atoms with Crippen LogP contribution in [0.5, 0.6) is 11.5 Å². The molecular formula is C20H26N2O3. The number of ether oxygens (including phenoxy) is 2. The smallest absolute Gasteiger partial charge is 0.236 e. The summed E-state index contributed by atoms with van der Waals surface area (Å²) in [6.45, 7) is 1.61. The first-order chi connectivity index (χ1) is 12.0. The van der Waals surface area contributed by atoms with Crippen LogP contribution in [0, 0.1) is 0 Å². The van der Waals surface area contributed by atoms with Crippen molar-refractivity contribution in [2.75, 3.05) is 34.9 Å². The highest BCUT2D eigenvalue weighted by Crippen LogP contribution is 2.15. The zero-order valence-electron chi connectivity index (χ0n) is 15.4. The number of carbonyl (C=O) groups excluding carboxylic acids is 1. The second-order valence-corrected chi connectivity index (χ2v) is 6.13. The van der Waals surface area contributed by atoms with Crippen molar-refractivity contribution in [1.29, 1.82) is 0 Å². The van der Waals surface area contributed by atoms with Crippen molar-refractivity contribution < 1.29 is 14.3 Å². The van der Waals surface area contributed by atoms with Crippen molar-refractivity contribution in [2.24, 2.45) is 0 Å². The molecule has 0 heterocycles. The SMILES string of the molecule is COc1cccc(CN(C)CC(=O)N(C)Cc2cccc(OC)c2)c1. The molecule has 0 aliphatic heterocycles. The van der Waals surface area contributed by atoms with E-state index < -0.39 is 0 Å². The molecule has 0 saturated carbocycles. The zero-order chi connectivity index (χ0) is 18.2. The Balaban J connectivity index is 1.88. The van der Waals surface area contributed by atoms with E-state index in [9.17, 15) is 4.79 Å². The van der Waals surface area contributed by atoms with Gasteiger partial charge in [-0.2, -0.15) is 0 Å². The van der Waals surface area contributed by atoms with Crippen LogP contribution in [0.2, 0.25) is 0 Å². The van der Waals surface area contributed by atoms with Crippen molar-refractivity contribution in [3.63, 3.8) is 0 Å². The van der Waals surface area contributed by atoms with Crippen molar-refractivity contribution in [2.45, 2.75) is 13.1 Å². The van der Waals surface area contributed by atoms with E-state index >= 15 is 0 Å². The maximum atomic E-state index is 12.5. The van der Waals surface area contributed by atoms with E-state index in [-0.39, 0.29) is 5.91 Å². The number of hydrogen-bond acceptors (Lipinski definition) is 4. The minimum atomic E-state index is 0.0771. The highest BCUT2D eigenvalue weighted by molar-refractivity contribution is 5.78. The molecule has 0 aliphatic carbocycles. The maximum absolute atomic E-state index is 12.5. The summed E-state index contributed by atoms with van der Waals surface area (Å²) < 4.78 is 10.5. The number of nitrogens with zero attached hydrogens (tertiary/aromatic N) is 2. The highest BCUT2D eigenvalue weighted by atomic mass is 16.5. The van der Waals surface area contributed by atoms with Gasteiger partial charge in [0.05, 0.1) is 20.8 Å². The van der Waals surface area contributed by atoms with Crippen molar-refractivity contribution in [1.82, 2.24) is 9.80 Å². The lowest BCUT2D eigenvalue weighted by Crippen LogP contribution is -2.36. The van der Waals surface area contributed by atoms with Crippen molar-refractivity contribution >= 4 is 5.91 Å². The molecule has 0 spiro atoms. The molecule has 0 aliphatic rings. The van der Waals surface area contributed by atoms with Crippen LogP contribution in [0.4, 0.5) is 0 Å². The lowest BCUT2D eigenvalue weighted by molar-refractivity contribution is -0.131. The fourth-order valence-corrected chi connectivity index (χ4v) is 2.62. The van der Waals surface area contributed by atoms with Gasteiger partial charge >= 0.3 is 0 Å². The molecule has 0 radical (unpaired) electrons. The molecule has 2 aromatic carbocycles. The number of benzene rings is 2. The van der Waals surface area contributed by atoms with Gasteiger partial charge in [0.1, 0.15) is 11.5 Å². The Kier molecular flexibility index (Phi) is 6.83. The fraction of sp³-hybridized carbons (Fsp3) is 0.350. The predicted molar refractivity (Wildman–Crippen MR) is 98.8 cm³/mol. The van der Waals surface area contributed by atoms with E-state index in [1.54, 1.807) is 19.1 Å². The number of amides is 1. The van der Waals surface area contributed by atoms with E-state index in [1.807, 2.05) is 67.5 Å². The standard InChI is InChI=1S/C20H26N2O3/c1-21(13-16-7-5-9-18(11-16)24-3)15-20(23)22(2)14-17-8-6-10-19(12-17)25-4/h5-12H,13-15H2,1-4H3. The van der Waals surface area contributed by atoms with Gasteiger partial charge in [-0.15, -0.1) is 0 Å². The Bertz CT molecular complexity index is 703. The molecular weight excluding hydrogens is 316 g/mol. The minimum absolute atomic E-state index is 0.0771. The lowest BCUT2D eigenvalue weighted by atomic mass is 10.2. The summed E-state index contributed by atoms with van der Waals surface area (Å²) in [5.41, 5.74) is 2.16. The Morgan fingerprint density at radius 1 is 0.880 bits per heavy atom. The predicted octanol–water partition coefficient (Wildman–Crippen LogP) is 2.79. The first-order valence-corrected chi connectivity index (χ1v) is 8.20. The van der Waals surface area contributed by atoms with Crippen LogP contribution < -0.4 is 9.47 Å².